The summed E-state index contributed by atoms with van der Waals surface area (Å²) < 4.78 is 1.62. The number of hydrogen-bond acceptors (Lipinski definition) is 6. The van der Waals surface area contributed by atoms with Gasteiger partial charge in [-0.3, -0.25) is 19.8 Å². The third-order valence-corrected chi connectivity index (χ3v) is 3.48. The summed E-state index contributed by atoms with van der Waals surface area (Å²) >= 11 is 0. The summed E-state index contributed by atoms with van der Waals surface area (Å²) in [6.07, 6.45) is 4.94. The molecule has 0 aromatic carbocycles. The predicted octanol–water partition coefficient (Wildman–Crippen LogP) is -1.27. The zero-order chi connectivity index (χ0) is 13.7. The Kier molecular flexibility index (Phi) is 4.83. The van der Waals surface area contributed by atoms with Crippen molar-refractivity contribution >= 4 is 5.91 Å². The summed E-state index contributed by atoms with van der Waals surface area (Å²) in [6, 6.07) is 0.240. The summed E-state index contributed by atoms with van der Waals surface area (Å²) in [7, 11) is 0. The SMILES string of the molecule is NNC(=O)c1cn(CCN2CCCCC2CO)nn1. The van der Waals surface area contributed by atoms with E-state index in [2.05, 4.69) is 15.2 Å². The number of likely N-dealkylation sites (tertiary alicyclic amines) is 1. The van der Waals surface area contributed by atoms with Gasteiger partial charge in [0.25, 0.3) is 5.91 Å². The summed E-state index contributed by atoms with van der Waals surface area (Å²) in [6.45, 7) is 2.62. The van der Waals surface area contributed by atoms with E-state index in [4.69, 9.17) is 5.84 Å². The molecule has 8 heteroatoms. The van der Waals surface area contributed by atoms with Crippen molar-refractivity contribution in [1.29, 1.82) is 0 Å². The minimum Gasteiger partial charge on any atom is -0.395 e. The van der Waals surface area contributed by atoms with Gasteiger partial charge in [0, 0.05) is 12.6 Å². The number of aliphatic hydroxyl groups is 1. The van der Waals surface area contributed by atoms with E-state index >= 15 is 0 Å². The number of carbonyl (C=O) groups is 1. The molecule has 106 valence electrons. The Morgan fingerprint density at radius 2 is 2.37 bits per heavy atom. The van der Waals surface area contributed by atoms with Gasteiger partial charge in [0.05, 0.1) is 19.3 Å². The molecule has 2 heterocycles. The Hall–Kier alpha value is -1.51. The first-order valence-corrected chi connectivity index (χ1v) is 6.50. The number of hydrazine groups is 1. The second kappa shape index (κ2) is 6.60. The number of aliphatic hydroxyl groups excluding tert-OH is 1. The van der Waals surface area contributed by atoms with Crippen molar-refractivity contribution in [2.45, 2.75) is 31.8 Å². The van der Waals surface area contributed by atoms with Gasteiger partial charge in [-0.1, -0.05) is 11.6 Å². The van der Waals surface area contributed by atoms with E-state index in [0.29, 0.717) is 6.54 Å². The first-order chi connectivity index (χ1) is 9.24. The van der Waals surface area contributed by atoms with Gasteiger partial charge in [-0.25, -0.2) is 5.84 Å². The number of nitrogens with two attached hydrogens (primary N) is 1. The maximum Gasteiger partial charge on any atom is 0.287 e. The van der Waals surface area contributed by atoms with E-state index in [0.717, 1.165) is 25.9 Å². The second-order valence-corrected chi connectivity index (χ2v) is 4.71. The number of rotatable bonds is 5. The van der Waals surface area contributed by atoms with Crippen LogP contribution in [0.3, 0.4) is 0 Å². The Morgan fingerprint density at radius 1 is 1.53 bits per heavy atom. The highest BCUT2D eigenvalue weighted by Gasteiger charge is 2.21. The Balaban J connectivity index is 1.87. The molecule has 1 unspecified atom stereocenters. The lowest BCUT2D eigenvalue weighted by Crippen LogP contribution is -2.43. The average Bonchev–Trinajstić information content (AvgIpc) is 2.93. The molecule has 1 amide bonds. The van der Waals surface area contributed by atoms with Crippen LogP contribution in [0.15, 0.2) is 6.20 Å². The number of amides is 1. The van der Waals surface area contributed by atoms with Gasteiger partial charge in [-0.05, 0) is 19.4 Å². The molecule has 1 aromatic rings. The van der Waals surface area contributed by atoms with E-state index in [-0.39, 0.29) is 18.3 Å². The van der Waals surface area contributed by atoms with Crippen LogP contribution in [0.2, 0.25) is 0 Å². The molecule has 0 aliphatic carbocycles. The van der Waals surface area contributed by atoms with Crippen molar-refractivity contribution in [3.05, 3.63) is 11.9 Å². The molecule has 1 aliphatic rings. The van der Waals surface area contributed by atoms with Crippen molar-refractivity contribution in [1.82, 2.24) is 25.3 Å². The van der Waals surface area contributed by atoms with E-state index in [1.165, 1.54) is 6.42 Å². The normalized spacial score (nSPS) is 20.4. The Morgan fingerprint density at radius 3 is 3.11 bits per heavy atom. The summed E-state index contributed by atoms with van der Waals surface area (Å²) in [4.78, 5) is 13.5. The molecule has 0 spiro atoms. The molecule has 0 radical (unpaired) electrons. The minimum absolute atomic E-state index is 0.193. The van der Waals surface area contributed by atoms with Gasteiger partial charge in [0.15, 0.2) is 5.69 Å². The van der Waals surface area contributed by atoms with Crippen molar-refractivity contribution in [2.75, 3.05) is 19.7 Å². The lowest BCUT2D eigenvalue weighted by Gasteiger charge is -2.34. The number of hydrogen-bond donors (Lipinski definition) is 3. The Bertz CT molecular complexity index is 421. The molecule has 2 rings (SSSR count). The van der Waals surface area contributed by atoms with Crippen molar-refractivity contribution in [3.63, 3.8) is 0 Å². The van der Waals surface area contributed by atoms with Gasteiger partial charge in [0.2, 0.25) is 0 Å². The topological polar surface area (TPSA) is 109 Å². The third-order valence-electron chi connectivity index (χ3n) is 3.48. The first-order valence-electron chi connectivity index (χ1n) is 6.50. The monoisotopic (exact) mass is 268 g/mol. The van der Waals surface area contributed by atoms with Crippen LogP contribution in [0.1, 0.15) is 29.8 Å². The maximum atomic E-state index is 11.2. The van der Waals surface area contributed by atoms with Gasteiger partial charge < -0.3 is 5.11 Å². The fourth-order valence-corrected chi connectivity index (χ4v) is 2.38. The van der Waals surface area contributed by atoms with Crippen LogP contribution >= 0.6 is 0 Å². The zero-order valence-corrected chi connectivity index (χ0v) is 10.8. The van der Waals surface area contributed by atoms with E-state index in [1.54, 1.807) is 10.9 Å². The second-order valence-electron chi connectivity index (χ2n) is 4.71. The van der Waals surface area contributed by atoms with Crippen molar-refractivity contribution in [2.24, 2.45) is 5.84 Å². The number of carbonyl (C=O) groups excluding carboxylic acids is 1. The molecule has 1 aliphatic heterocycles. The number of nitrogen functional groups attached to an aromatic ring is 1. The Labute approximate surface area is 111 Å². The summed E-state index contributed by atoms with van der Waals surface area (Å²) in [5.41, 5.74) is 2.23. The summed E-state index contributed by atoms with van der Waals surface area (Å²) in [5, 5.41) is 16.9. The number of nitrogens with zero attached hydrogens (tertiary/aromatic N) is 4. The lowest BCUT2D eigenvalue weighted by molar-refractivity contribution is 0.0861. The maximum absolute atomic E-state index is 11.2. The molecule has 1 atom stereocenters. The number of nitrogens with one attached hydrogen (secondary N) is 1. The van der Waals surface area contributed by atoms with E-state index < -0.39 is 5.91 Å². The highest BCUT2D eigenvalue weighted by molar-refractivity contribution is 5.91. The fraction of sp³-hybridized carbons (Fsp3) is 0.727. The van der Waals surface area contributed by atoms with Crippen LogP contribution in [0.25, 0.3) is 0 Å². The standard InChI is InChI=1S/C11H20N6O2/c12-13-11(19)10-7-17(15-14-10)6-5-16-4-2-1-3-9(16)8-18/h7,9,18H,1-6,8,12H2,(H,13,19). The number of piperidine rings is 1. The molecule has 1 aromatic heterocycles. The highest BCUT2D eigenvalue weighted by atomic mass is 16.3. The van der Waals surface area contributed by atoms with Gasteiger partial charge in [-0.2, -0.15) is 0 Å². The highest BCUT2D eigenvalue weighted by Crippen LogP contribution is 2.16. The molecule has 4 N–H and O–H groups in total. The molecule has 19 heavy (non-hydrogen) atoms. The average molecular weight is 268 g/mol. The van der Waals surface area contributed by atoms with Gasteiger partial charge >= 0.3 is 0 Å². The third kappa shape index (κ3) is 3.49. The van der Waals surface area contributed by atoms with Crippen LogP contribution in [-0.2, 0) is 6.54 Å². The van der Waals surface area contributed by atoms with Crippen LogP contribution in [0.4, 0.5) is 0 Å². The smallest absolute Gasteiger partial charge is 0.287 e. The lowest BCUT2D eigenvalue weighted by atomic mass is 10.0. The molecule has 8 nitrogen and oxygen atoms in total. The first kappa shape index (κ1) is 13.9. The van der Waals surface area contributed by atoms with Crippen LogP contribution in [-0.4, -0.2) is 56.6 Å². The van der Waals surface area contributed by atoms with Crippen molar-refractivity contribution in [3.8, 4) is 0 Å². The largest absolute Gasteiger partial charge is 0.395 e. The van der Waals surface area contributed by atoms with Crippen LogP contribution in [0, 0.1) is 0 Å². The zero-order valence-electron chi connectivity index (χ0n) is 10.8. The van der Waals surface area contributed by atoms with Crippen molar-refractivity contribution < 1.29 is 9.90 Å². The molecular formula is C11H20N6O2. The molecule has 0 bridgehead atoms. The summed E-state index contributed by atoms with van der Waals surface area (Å²) in [5.74, 6) is 4.58. The predicted molar refractivity (Wildman–Crippen MR) is 68.0 cm³/mol. The molecule has 1 saturated heterocycles. The quantitative estimate of drug-likeness (QED) is 0.349. The molecular weight excluding hydrogens is 248 g/mol. The van der Waals surface area contributed by atoms with E-state index in [1.807, 2.05) is 5.43 Å². The van der Waals surface area contributed by atoms with Crippen LogP contribution in [0.5, 0.6) is 0 Å². The van der Waals surface area contributed by atoms with Gasteiger partial charge in [0.1, 0.15) is 0 Å². The minimum atomic E-state index is -0.447. The van der Waals surface area contributed by atoms with Gasteiger partial charge in [-0.15, -0.1) is 5.10 Å². The molecule has 1 fully saturated rings. The van der Waals surface area contributed by atoms with E-state index in [9.17, 15) is 9.90 Å². The van der Waals surface area contributed by atoms with Crippen LogP contribution < -0.4 is 11.3 Å². The fourth-order valence-electron chi connectivity index (χ4n) is 2.38. The number of aromatic nitrogens is 3. The molecule has 0 saturated carbocycles.